The maximum Gasteiger partial charge on any atom is 0.239 e. The predicted octanol–water partition coefficient (Wildman–Crippen LogP) is 3.82. The van der Waals surface area contributed by atoms with Gasteiger partial charge < -0.3 is 19.4 Å². The lowest BCUT2D eigenvalue weighted by molar-refractivity contribution is -0.122. The SMILES string of the molecule is COc1ccc(C2(CNC(=O)Cn3ccc4cc(C)ccc43)CCOCC2)cc1. The average molecular weight is 392 g/mol. The van der Waals surface area contributed by atoms with Gasteiger partial charge in [-0.3, -0.25) is 4.79 Å². The number of fused-ring (bicyclic) bond motifs is 1. The van der Waals surface area contributed by atoms with Crippen LogP contribution in [-0.2, 0) is 21.5 Å². The summed E-state index contributed by atoms with van der Waals surface area (Å²) in [6.07, 6.45) is 3.77. The molecule has 1 saturated heterocycles. The van der Waals surface area contributed by atoms with E-state index in [-0.39, 0.29) is 11.3 Å². The molecule has 0 aliphatic carbocycles. The summed E-state index contributed by atoms with van der Waals surface area (Å²) < 4.78 is 12.9. The van der Waals surface area contributed by atoms with Gasteiger partial charge >= 0.3 is 0 Å². The number of amides is 1. The van der Waals surface area contributed by atoms with Crippen LogP contribution >= 0.6 is 0 Å². The van der Waals surface area contributed by atoms with Gasteiger partial charge in [0, 0.05) is 36.9 Å². The molecule has 1 aromatic heterocycles. The number of benzene rings is 2. The van der Waals surface area contributed by atoms with Crippen molar-refractivity contribution in [3.63, 3.8) is 0 Å². The van der Waals surface area contributed by atoms with Crippen LogP contribution in [0.25, 0.3) is 10.9 Å². The molecule has 1 aliphatic heterocycles. The zero-order chi connectivity index (χ0) is 20.3. The minimum Gasteiger partial charge on any atom is -0.497 e. The third-order valence-corrected chi connectivity index (χ3v) is 6.02. The molecule has 1 N–H and O–H groups in total. The van der Waals surface area contributed by atoms with Gasteiger partial charge in [-0.1, -0.05) is 23.8 Å². The first-order chi connectivity index (χ1) is 14.1. The van der Waals surface area contributed by atoms with Crippen molar-refractivity contribution in [2.75, 3.05) is 26.9 Å². The van der Waals surface area contributed by atoms with Gasteiger partial charge in [-0.15, -0.1) is 0 Å². The van der Waals surface area contributed by atoms with Gasteiger partial charge in [0.2, 0.25) is 5.91 Å². The standard InChI is InChI=1S/C24H28N2O3/c1-18-3-8-22-19(15-18)9-12-26(22)16-23(27)25-17-24(10-13-29-14-11-24)20-4-6-21(28-2)7-5-20/h3-9,12,15H,10-11,13-14,16-17H2,1-2H3,(H,25,27). The summed E-state index contributed by atoms with van der Waals surface area (Å²) in [6, 6.07) is 16.6. The molecule has 29 heavy (non-hydrogen) atoms. The van der Waals surface area contributed by atoms with E-state index in [9.17, 15) is 4.79 Å². The first kappa shape index (κ1) is 19.5. The molecule has 0 unspecified atom stereocenters. The van der Waals surface area contributed by atoms with E-state index in [0.29, 0.717) is 26.3 Å². The van der Waals surface area contributed by atoms with Gasteiger partial charge in [-0.05, 0) is 61.0 Å². The molecule has 1 amide bonds. The molecule has 0 spiro atoms. The van der Waals surface area contributed by atoms with E-state index in [1.165, 1.54) is 11.1 Å². The minimum absolute atomic E-state index is 0.0300. The maximum atomic E-state index is 12.8. The second kappa shape index (κ2) is 8.29. The fourth-order valence-corrected chi connectivity index (χ4v) is 4.21. The Hall–Kier alpha value is -2.79. The lowest BCUT2D eigenvalue weighted by Gasteiger charge is -2.38. The molecular weight excluding hydrogens is 364 g/mol. The molecule has 2 heterocycles. The largest absolute Gasteiger partial charge is 0.497 e. The van der Waals surface area contributed by atoms with E-state index in [4.69, 9.17) is 9.47 Å². The highest BCUT2D eigenvalue weighted by atomic mass is 16.5. The number of rotatable bonds is 6. The van der Waals surface area contributed by atoms with Crippen molar-refractivity contribution in [3.05, 3.63) is 65.9 Å². The molecule has 152 valence electrons. The summed E-state index contributed by atoms with van der Waals surface area (Å²) in [6.45, 7) is 4.44. The summed E-state index contributed by atoms with van der Waals surface area (Å²) in [5.74, 6) is 0.872. The minimum atomic E-state index is -0.101. The van der Waals surface area contributed by atoms with Crippen molar-refractivity contribution in [2.45, 2.75) is 31.7 Å². The Bertz CT molecular complexity index is 985. The van der Waals surface area contributed by atoms with Crippen molar-refractivity contribution in [2.24, 2.45) is 0 Å². The van der Waals surface area contributed by atoms with Gasteiger partial charge in [-0.25, -0.2) is 0 Å². The van der Waals surface area contributed by atoms with E-state index in [1.807, 2.05) is 22.9 Å². The average Bonchev–Trinajstić information content (AvgIpc) is 3.14. The molecule has 5 heteroatoms. The normalized spacial score (nSPS) is 15.9. The summed E-state index contributed by atoms with van der Waals surface area (Å²) in [7, 11) is 1.67. The first-order valence-electron chi connectivity index (χ1n) is 10.1. The van der Waals surface area contributed by atoms with E-state index in [0.717, 1.165) is 29.5 Å². The van der Waals surface area contributed by atoms with Crippen LogP contribution in [0.3, 0.4) is 0 Å². The van der Waals surface area contributed by atoms with Crippen molar-refractivity contribution in [3.8, 4) is 5.75 Å². The Kier molecular flexibility index (Phi) is 5.58. The second-order valence-corrected chi connectivity index (χ2v) is 7.90. The number of aryl methyl sites for hydroxylation is 1. The van der Waals surface area contributed by atoms with Gasteiger partial charge in [0.25, 0.3) is 0 Å². The van der Waals surface area contributed by atoms with Gasteiger partial charge in [-0.2, -0.15) is 0 Å². The summed E-state index contributed by atoms with van der Waals surface area (Å²) >= 11 is 0. The first-order valence-corrected chi connectivity index (χ1v) is 10.1. The van der Waals surface area contributed by atoms with Crippen LogP contribution < -0.4 is 10.1 Å². The van der Waals surface area contributed by atoms with Gasteiger partial charge in [0.05, 0.1) is 7.11 Å². The van der Waals surface area contributed by atoms with Crippen molar-refractivity contribution < 1.29 is 14.3 Å². The van der Waals surface area contributed by atoms with Crippen LogP contribution in [0.4, 0.5) is 0 Å². The smallest absolute Gasteiger partial charge is 0.239 e. The highest BCUT2D eigenvalue weighted by Gasteiger charge is 2.34. The fraction of sp³-hybridized carbons (Fsp3) is 0.375. The molecule has 0 radical (unpaired) electrons. The van der Waals surface area contributed by atoms with Crippen LogP contribution in [0.15, 0.2) is 54.7 Å². The Labute approximate surface area is 171 Å². The van der Waals surface area contributed by atoms with E-state index < -0.39 is 0 Å². The number of nitrogens with one attached hydrogen (secondary N) is 1. The number of nitrogens with zero attached hydrogens (tertiary/aromatic N) is 1. The van der Waals surface area contributed by atoms with Gasteiger partial charge in [0.1, 0.15) is 12.3 Å². The van der Waals surface area contributed by atoms with Crippen LogP contribution in [0.2, 0.25) is 0 Å². The summed E-state index contributed by atoms with van der Waals surface area (Å²) in [4.78, 5) is 12.8. The van der Waals surface area contributed by atoms with Crippen LogP contribution in [-0.4, -0.2) is 37.3 Å². The molecule has 3 aromatic rings. The fourth-order valence-electron chi connectivity index (χ4n) is 4.21. The number of aromatic nitrogens is 1. The maximum absolute atomic E-state index is 12.8. The Morgan fingerprint density at radius 1 is 1.14 bits per heavy atom. The second-order valence-electron chi connectivity index (χ2n) is 7.90. The molecular formula is C24H28N2O3. The van der Waals surface area contributed by atoms with E-state index in [2.05, 4.69) is 48.6 Å². The van der Waals surface area contributed by atoms with E-state index in [1.54, 1.807) is 7.11 Å². The highest BCUT2D eigenvalue weighted by molar-refractivity contribution is 5.83. The number of ether oxygens (including phenoxy) is 2. The third-order valence-electron chi connectivity index (χ3n) is 6.02. The molecule has 0 saturated carbocycles. The van der Waals surface area contributed by atoms with E-state index >= 15 is 0 Å². The van der Waals surface area contributed by atoms with Gasteiger partial charge in [0.15, 0.2) is 0 Å². The Morgan fingerprint density at radius 3 is 2.62 bits per heavy atom. The lowest BCUT2D eigenvalue weighted by Crippen LogP contribution is -2.45. The quantitative estimate of drug-likeness (QED) is 0.694. The monoisotopic (exact) mass is 392 g/mol. The lowest BCUT2D eigenvalue weighted by atomic mass is 9.74. The molecule has 2 aromatic carbocycles. The number of hydrogen-bond acceptors (Lipinski definition) is 3. The molecule has 0 bridgehead atoms. The Balaban J connectivity index is 1.47. The Morgan fingerprint density at radius 2 is 1.90 bits per heavy atom. The molecule has 1 aliphatic rings. The molecule has 0 atom stereocenters. The molecule has 4 rings (SSSR count). The summed E-state index contributed by atoms with van der Waals surface area (Å²) in [5, 5.41) is 4.35. The topological polar surface area (TPSA) is 52.5 Å². The predicted molar refractivity (Wildman–Crippen MR) is 114 cm³/mol. The van der Waals surface area contributed by atoms with Crippen LogP contribution in [0, 0.1) is 6.92 Å². The number of carbonyl (C=O) groups is 1. The zero-order valence-electron chi connectivity index (χ0n) is 17.1. The van der Waals surface area contributed by atoms with Crippen LogP contribution in [0.1, 0.15) is 24.0 Å². The zero-order valence-corrected chi connectivity index (χ0v) is 17.1. The molecule has 5 nitrogen and oxygen atoms in total. The highest BCUT2D eigenvalue weighted by Crippen LogP contribution is 2.35. The number of hydrogen-bond donors (Lipinski definition) is 1. The van der Waals surface area contributed by atoms with Crippen molar-refractivity contribution in [1.29, 1.82) is 0 Å². The number of carbonyl (C=O) groups excluding carboxylic acids is 1. The third kappa shape index (κ3) is 4.15. The van der Waals surface area contributed by atoms with Crippen LogP contribution in [0.5, 0.6) is 5.75 Å². The summed E-state index contributed by atoms with van der Waals surface area (Å²) in [5.41, 5.74) is 3.43. The molecule has 1 fully saturated rings. The number of methoxy groups -OCH3 is 1. The van der Waals surface area contributed by atoms with Crippen molar-refractivity contribution >= 4 is 16.8 Å². The van der Waals surface area contributed by atoms with Crippen molar-refractivity contribution in [1.82, 2.24) is 9.88 Å².